The van der Waals surface area contributed by atoms with Crippen molar-refractivity contribution in [2.45, 2.75) is 13.0 Å². The average Bonchev–Trinajstić information content (AvgIpc) is 2.38. The molecule has 1 saturated heterocycles. The molecule has 92 valence electrons. The van der Waals surface area contributed by atoms with Gasteiger partial charge in [0.05, 0.1) is 12.7 Å². The molecule has 2 rings (SSSR count). The van der Waals surface area contributed by atoms with Crippen molar-refractivity contribution in [3.05, 3.63) is 29.8 Å². The van der Waals surface area contributed by atoms with Gasteiger partial charge in [0.2, 0.25) is 0 Å². The van der Waals surface area contributed by atoms with Gasteiger partial charge in [0.1, 0.15) is 0 Å². The summed E-state index contributed by atoms with van der Waals surface area (Å²) in [4.78, 5) is 13.6. The molecule has 0 spiro atoms. The Morgan fingerprint density at radius 1 is 1.41 bits per heavy atom. The molecule has 0 radical (unpaired) electrons. The quantitative estimate of drug-likeness (QED) is 0.782. The van der Waals surface area contributed by atoms with Gasteiger partial charge in [-0.25, -0.2) is 4.79 Å². The summed E-state index contributed by atoms with van der Waals surface area (Å²) in [6.07, 6.45) is 0. The summed E-state index contributed by atoms with van der Waals surface area (Å²) in [5.74, 6) is -0.287. The Kier molecular flexibility index (Phi) is 3.64. The van der Waals surface area contributed by atoms with Crippen LogP contribution < -0.4 is 10.2 Å². The summed E-state index contributed by atoms with van der Waals surface area (Å²) < 4.78 is 4.68. The Balaban J connectivity index is 2.09. The van der Waals surface area contributed by atoms with Crippen LogP contribution in [0.5, 0.6) is 0 Å². The van der Waals surface area contributed by atoms with E-state index in [-0.39, 0.29) is 5.97 Å². The van der Waals surface area contributed by atoms with Gasteiger partial charge in [-0.1, -0.05) is 0 Å². The number of nitrogens with zero attached hydrogens (tertiary/aromatic N) is 1. The van der Waals surface area contributed by atoms with E-state index >= 15 is 0 Å². The van der Waals surface area contributed by atoms with Crippen molar-refractivity contribution in [3.8, 4) is 0 Å². The molecule has 0 bridgehead atoms. The van der Waals surface area contributed by atoms with Crippen LogP contribution in [0.2, 0.25) is 0 Å². The highest BCUT2D eigenvalue weighted by molar-refractivity contribution is 5.89. The minimum absolute atomic E-state index is 0.287. The molecule has 4 nitrogen and oxygen atoms in total. The molecule has 1 aromatic carbocycles. The van der Waals surface area contributed by atoms with E-state index in [0.29, 0.717) is 11.6 Å². The lowest BCUT2D eigenvalue weighted by Gasteiger charge is -2.33. The normalized spacial score (nSPS) is 20.1. The van der Waals surface area contributed by atoms with Crippen LogP contribution in [0.25, 0.3) is 0 Å². The van der Waals surface area contributed by atoms with E-state index in [4.69, 9.17) is 0 Å². The van der Waals surface area contributed by atoms with Gasteiger partial charge in [0.25, 0.3) is 0 Å². The number of benzene rings is 1. The highest BCUT2D eigenvalue weighted by Gasteiger charge is 2.16. The van der Waals surface area contributed by atoms with E-state index in [1.807, 2.05) is 24.3 Å². The Hall–Kier alpha value is -1.55. The summed E-state index contributed by atoms with van der Waals surface area (Å²) in [6, 6.07) is 8.08. The first-order chi connectivity index (χ1) is 8.20. The molecule has 0 aliphatic carbocycles. The summed E-state index contributed by atoms with van der Waals surface area (Å²) >= 11 is 0. The number of carbonyl (C=O) groups is 1. The van der Waals surface area contributed by atoms with Gasteiger partial charge in [-0.2, -0.15) is 0 Å². The van der Waals surface area contributed by atoms with Gasteiger partial charge >= 0.3 is 5.97 Å². The average molecular weight is 234 g/mol. The molecule has 1 heterocycles. The molecule has 1 aliphatic heterocycles. The summed E-state index contributed by atoms with van der Waals surface area (Å²) in [6.45, 7) is 5.17. The van der Waals surface area contributed by atoms with Crippen LogP contribution in [0.1, 0.15) is 17.3 Å². The molecular formula is C13H18N2O2. The van der Waals surface area contributed by atoms with E-state index < -0.39 is 0 Å². The van der Waals surface area contributed by atoms with Gasteiger partial charge < -0.3 is 15.0 Å². The van der Waals surface area contributed by atoms with Crippen LogP contribution in [0.4, 0.5) is 5.69 Å². The topological polar surface area (TPSA) is 41.6 Å². The van der Waals surface area contributed by atoms with Crippen LogP contribution in [-0.4, -0.2) is 38.8 Å². The standard InChI is InChI=1S/C13H18N2O2/c1-10-9-15(8-7-14-10)12-5-3-11(4-6-12)13(16)17-2/h3-6,10,14H,7-9H2,1-2H3/t10-/m1/s1. The third kappa shape index (κ3) is 2.77. The zero-order chi connectivity index (χ0) is 12.3. The lowest BCUT2D eigenvalue weighted by Crippen LogP contribution is -2.49. The molecule has 0 unspecified atom stereocenters. The number of methoxy groups -OCH3 is 1. The lowest BCUT2D eigenvalue weighted by molar-refractivity contribution is 0.0601. The molecule has 1 atom stereocenters. The van der Waals surface area contributed by atoms with Crippen LogP contribution in [0, 0.1) is 0 Å². The predicted octanol–water partition coefficient (Wildman–Crippen LogP) is 1.27. The zero-order valence-corrected chi connectivity index (χ0v) is 10.3. The summed E-state index contributed by atoms with van der Waals surface area (Å²) in [7, 11) is 1.40. The van der Waals surface area contributed by atoms with E-state index in [2.05, 4.69) is 21.9 Å². The van der Waals surface area contributed by atoms with Crippen molar-refractivity contribution >= 4 is 11.7 Å². The fraction of sp³-hybridized carbons (Fsp3) is 0.462. The largest absolute Gasteiger partial charge is 0.465 e. The number of rotatable bonds is 2. The SMILES string of the molecule is COC(=O)c1ccc(N2CCN[C@H](C)C2)cc1. The predicted molar refractivity (Wildman–Crippen MR) is 67.5 cm³/mol. The maximum Gasteiger partial charge on any atom is 0.337 e. The van der Waals surface area contributed by atoms with Gasteiger partial charge in [-0.15, -0.1) is 0 Å². The Bertz CT molecular complexity index is 389. The molecule has 1 fully saturated rings. The van der Waals surface area contributed by atoms with E-state index in [9.17, 15) is 4.79 Å². The number of ether oxygens (including phenoxy) is 1. The number of carbonyl (C=O) groups excluding carboxylic acids is 1. The molecule has 4 heteroatoms. The Labute approximate surface area is 102 Å². The number of esters is 1. The van der Waals surface area contributed by atoms with Gasteiger partial charge in [0, 0.05) is 31.4 Å². The third-order valence-electron chi connectivity index (χ3n) is 3.02. The molecule has 0 aromatic heterocycles. The molecule has 1 N–H and O–H groups in total. The van der Waals surface area contributed by atoms with Gasteiger partial charge in [0.15, 0.2) is 0 Å². The smallest absolute Gasteiger partial charge is 0.337 e. The maximum absolute atomic E-state index is 11.3. The van der Waals surface area contributed by atoms with E-state index in [0.717, 1.165) is 25.3 Å². The monoisotopic (exact) mass is 234 g/mol. The lowest BCUT2D eigenvalue weighted by atomic mass is 10.1. The molecule has 1 aliphatic rings. The van der Waals surface area contributed by atoms with Crippen molar-refractivity contribution < 1.29 is 9.53 Å². The van der Waals surface area contributed by atoms with Gasteiger partial charge in [-0.05, 0) is 31.2 Å². The van der Waals surface area contributed by atoms with E-state index in [1.165, 1.54) is 7.11 Å². The minimum Gasteiger partial charge on any atom is -0.465 e. The summed E-state index contributed by atoms with van der Waals surface area (Å²) in [5.41, 5.74) is 1.76. The maximum atomic E-state index is 11.3. The summed E-state index contributed by atoms with van der Waals surface area (Å²) in [5, 5.41) is 3.40. The highest BCUT2D eigenvalue weighted by Crippen LogP contribution is 2.17. The van der Waals surface area contributed by atoms with Crippen LogP contribution in [0.15, 0.2) is 24.3 Å². The number of anilines is 1. The molecular weight excluding hydrogens is 216 g/mol. The van der Waals surface area contributed by atoms with Crippen molar-refractivity contribution in [3.63, 3.8) is 0 Å². The zero-order valence-electron chi connectivity index (χ0n) is 10.3. The van der Waals surface area contributed by atoms with Crippen LogP contribution in [0.3, 0.4) is 0 Å². The molecule has 0 amide bonds. The van der Waals surface area contributed by atoms with Crippen molar-refractivity contribution in [1.82, 2.24) is 5.32 Å². The first-order valence-electron chi connectivity index (χ1n) is 5.87. The number of hydrogen-bond acceptors (Lipinski definition) is 4. The molecule has 1 aromatic rings. The van der Waals surface area contributed by atoms with Crippen molar-refractivity contribution in [1.29, 1.82) is 0 Å². The van der Waals surface area contributed by atoms with E-state index in [1.54, 1.807) is 0 Å². The second-order valence-electron chi connectivity index (χ2n) is 4.34. The Morgan fingerprint density at radius 3 is 2.71 bits per heavy atom. The highest BCUT2D eigenvalue weighted by atomic mass is 16.5. The van der Waals surface area contributed by atoms with Crippen LogP contribution in [-0.2, 0) is 4.74 Å². The van der Waals surface area contributed by atoms with Crippen molar-refractivity contribution in [2.75, 3.05) is 31.6 Å². The first-order valence-corrected chi connectivity index (χ1v) is 5.87. The molecule has 17 heavy (non-hydrogen) atoms. The second kappa shape index (κ2) is 5.19. The third-order valence-corrected chi connectivity index (χ3v) is 3.02. The Morgan fingerprint density at radius 2 is 2.12 bits per heavy atom. The number of hydrogen-bond donors (Lipinski definition) is 1. The second-order valence-corrected chi connectivity index (χ2v) is 4.34. The minimum atomic E-state index is -0.287. The fourth-order valence-corrected chi connectivity index (χ4v) is 2.09. The first kappa shape index (κ1) is 11.9. The number of nitrogens with one attached hydrogen (secondary N) is 1. The molecule has 0 saturated carbocycles. The fourth-order valence-electron chi connectivity index (χ4n) is 2.09. The number of piperazine rings is 1. The van der Waals surface area contributed by atoms with Crippen LogP contribution >= 0.6 is 0 Å². The van der Waals surface area contributed by atoms with Gasteiger partial charge in [-0.3, -0.25) is 0 Å². The van der Waals surface area contributed by atoms with Crippen molar-refractivity contribution in [2.24, 2.45) is 0 Å².